The molecular weight excluding hydrogens is 479 g/mol. The lowest BCUT2D eigenvalue weighted by Gasteiger charge is -2.08. The Kier molecular flexibility index (Phi) is 7.00. The number of benzene rings is 2. The number of anilines is 2. The molecule has 2 N–H and O–H groups in total. The van der Waals surface area contributed by atoms with Crippen molar-refractivity contribution in [2.24, 2.45) is 0 Å². The van der Waals surface area contributed by atoms with Gasteiger partial charge >= 0.3 is 0 Å². The molecule has 0 aliphatic carbocycles. The summed E-state index contributed by atoms with van der Waals surface area (Å²) in [6, 6.07) is 13.9. The third-order valence-electron chi connectivity index (χ3n) is 4.90. The highest BCUT2D eigenvalue weighted by Gasteiger charge is 2.14. The molecule has 174 valence electrons. The van der Waals surface area contributed by atoms with E-state index in [4.69, 9.17) is 32.4 Å². The number of nitrogens with one attached hydrogen (secondary N) is 2. The average Bonchev–Trinajstić information content (AvgIpc) is 3.21. The van der Waals surface area contributed by atoms with E-state index >= 15 is 0 Å². The number of alkyl halides is 1. The minimum Gasteiger partial charge on any atom is -0.457 e. The van der Waals surface area contributed by atoms with Gasteiger partial charge in [-0.25, -0.2) is 0 Å². The van der Waals surface area contributed by atoms with Crippen molar-refractivity contribution in [1.29, 1.82) is 0 Å². The van der Waals surface area contributed by atoms with Crippen LogP contribution >= 0.6 is 23.2 Å². The first-order valence-electron chi connectivity index (χ1n) is 10.3. The molecule has 4 aromatic rings. The van der Waals surface area contributed by atoms with Crippen LogP contribution in [0.15, 0.2) is 59.1 Å². The fourth-order valence-electron chi connectivity index (χ4n) is 3.11. The Morgan fingerprint density at radius 2 is 1.91 bits per heavy atom. The zero-order chi connectivity index (χ0) is 24.2. The fourth-order valence-corrected chi connectivity index (χ4v) is 3.43. The maximum atomic E-state index is 11.9. The molecule has 2 aromatic heterocycles. The average molecular weight is 499 g/mol. The number of oxazole rings is 1. The Bertz CT molecular complexity index is 1370. The van der Waals surface area contributed by atoms with Gasteiger partial charge in [0.25, 0.3) is 11.9 Å². The van der Waals surface area contributed by atoms with E-state index in [1.165, 1.54) is 13.2 Å². The van der Waals surface area contributed by atoms with Gasteiger partial charge in [-0.05, 0) is 42.8 Å². The highest BCUT2D eigenvalue weighted by atomic mass is 35.5. The van der Waals surface area contributed by atoms with Gasteiger partial charge in [0.15, 0.2) is 11.4 Å². The number of halogens is 2. The van der Waals surface area contributed by atoms with Crippen LogP contribution < -0.4 is 15.4 Å². The molecule has 2 heterocycles. The number of rotatable bonds is 8. The second kappa shape index (κ2) is 10.1. The second-order valence-electron chi connectivity index (χ2n) is 7.40. The van der Waals surface area contributed by atoms with Crippen LogP contribution in [-0.2, 0) is 11.2 Å². The summed E-state index contributed by atoms with van der Waals surface area (Å²) >= 11 is 12.2. The van der Waals surface area contributed by atoms with Gasteiger partial charge in [0, 0.05) is 42.5 Å². The number of hydrogen-bond acceptors (Lipinski definition) is 7. The molecule has 0 radical (unpaired) electrons. The first-order chi connectivity index (χ1) is 16.3. The summed E-state index contributed by atoms with van der Waals surface area (Å²) in [5, 5.41) is 5.46. The highest BCUT2D eigenvalue weighted by Crippen LogP contribution is 2.30. The van der Waals surface area contributed by atoms with Crippen LogP contribution in [0.1, 0.15) is 23.0 Å². The quantitative estimate of drug-likeness (QED) is 0.308. The first kappa shape index (κ1) is 23.5. The van der Waals surface area contributed by atoms with Crippen LogP contribution in [0.5, 0.6) is 11.5 Å². The molecule has 1 atom stereocenters. The number of aromatic nitrogens is 2. The minimum absolute atomic E-state index is 0.0992. The van der Waals surface area contributed by atoms with Crippen LogP contribution in [0.3, 0.4) is 0 Å². The van der Waals surface area contributed by atoms with Crippen LogP contribution in [0.4, 0.5) is 11.7 Å². The predicted molar refractivity (Wildman–Crippen MR) is 130 cm³/mol. The molecule has 0 aliphatic heterocycles. The van der Waals surface area contributed by atoms with Gasteiger partial charge in [0.2, 0.25) is 0 Å². The SMILES string of the molecule is CNC(=O)c1cc(Oc2ccc3oc(Nc4ccc(CC(=O)C(C)Cl)c(Cl)c4)nc3c2)ccn1. The van der Waals surface area contributed by atoms with E-state index in [9.17, 15) is 9.59 Å². The Morgan fingerprint density at radius 1 is 1.12 bits per heavy atom. The normalized spacial score (nSPS) is 11.8. The van der Waals surface area contributed by atoms with E-state index in [1.54, 1.807) is 55.5 Å². The molecule has 1 unspecified atom stereocenters. The summed E-state index contributed by atoms with van der Waals surface area (Å²) in [6.45, 7) is 1.64. The van der Waals surface area contributed by atoms with Crippen molar-refractivity contribution in [3.05, 3.63) is 71.0 Å². The first-order valence-corrected chi connectivity index (χ1v) is 11.1. The third-order valence-corrected chi connectivity index (χ3v) is 5.49. The number of ketones is 1. The van der Waals surface area contributed by atoms with E-state index in [0.29, 0.717) is 38.9 Å². The molecule has 0 bridgehead atoms. The molecule has 0 saturated heterocycles. The second-order valence-corrected chi connectivity index (χ2v) is 8.46. The number of amides is 1. The number of ether oxygens (including phenoxy) is 1. The smallest absolute Gasteiger partial charge is 0.300 e. The van der Waals surface area contributed by atoms with Crippen molar-refractivity contribution < 1.29 is 18.7 Å². The van der Waals surface area contributed by atoms with Crippen LogP contribution in [0.25, 0.3) is 11.1 Å². The molecule has 1 amide bonds. The number of fused-ring (bicyclic) bond motifs is 1. The molecule has 0 fully saturated rings. The molecule has 34 heavy (non-hydrogen) atoms. The van der Waals surface area contributed by atoms with Gasteiger partial charge in [-0.3, -0.25) is 14.6 Å². The Balaban J connectivity index is 1.49. The lowest BCUT2D eigenvalue weighted by molar-refractivity contribution is -0.117. The summed E-state index contributed by atoms with van der Waals surface area (Å²) < 4.78 is 11.6. The topological polar surface area (TPSA) is 106 Å². The van der Waals surface area contributed by atoms with Crippen molar-refractivity contribution in [2.45, 2.75) is 18.7 Å². The van der Waals surface area contributed by atoms with Crippen molar-refractivity contribution in [3.8, 4) is 11.5 Å². The van der Waals surface area contributed by atoms with Gasteiger partial charge in [-0.15, -0.1) is 11.6 Å². The highest BCUT2D eigenvalue weighted by molar-refractivity contribution is 6.33. The number of carbonyl (C=O) groups excluding carboxylic acids is 2. The lowest BCUT2D eigenvalue weighted by atomic mass is 10.1. The van der Waals surface area contributed by atoms with E-state index in [-0.39, 0.29) is 29.8 Å². The van der Waals surface area contributed by atoms with Crippen LogP contribution in [0.2, 0.25) is 5.02 Å². The number of carbonyl (C=O) groups is 2. The van der Waals surface area contributed by atoms with E-state index < -0.39 is 5.38 Å². The maximum Gasteiger partial charge on any atom is 0.300 e. The van der Waals surface area contributed by atoms with Crippen molar-refractivity contribution >= 4 is 57.7 Å². The van der Waals surface area contributed by atoms with Crippen LogP contribution in [0, 0.1) is 0 Å². The number of Topliss-reactive ketones (excluding diaryl/α,β-unsaturated/α-hetero) is 1. The minimum atomic E-state index is -0.570. The van der Waals surface area contributed by atoms with E-state index in [0.717, 1.165) is 0 Å². The molecule has 10 heteroatoms. The third kappa shape index (κ3) is 5.47. The monoisotopic (exact) mass is 498 g/mol. The predicted octanol–water partition coefficient (Wildman–Crippen LogP) is 5.51. The number of pyridine rings is 1. The van der Waals surface area contributed by atoms with Crippen molar-refractivity contribution in [3.63, 3.8) is 0 Å². The number of hydrogen-bond donors (Lipinski definition) is 2. The van der Waals surface area contributed by atoms with Crippen molar-refractivity contribution in [1.82, 2.24) is 15.3 Å². The summed E-state index contributed by atoms with van der Waals surface area (Å²) in [5.41, 5.74) is 2.73. The zero-order valence-corrected chi connectivity index (χ0v) is 19.8. The van der Waals surface area contributed by atoms with Gasteiger partial charge in [-0.1, -0.05) is 17.7 Å². The molecule has 2 aromatic carbocycles. The van der Waals surface area contributed by atoms with E-state index in [2.05, 4.69) is 20.6 Å². The largest absolute Gasteiger partial charge is 0.457 e. The molecule has 8 nitrogen and oxygen atoms in total. The molecule has 4 rings (SSSR count). The Morgan fingerprint density at radius 3 is 2.65 bits per heavy atom. The summed E-state index contributed by atoms with van der Waals surface area (Å²) in [6.07, 6.45) is 1.66. The van der Waals surface area contributed by atoms with Gasteiger partial charge in [-0.2, -0.15) is 4.98 Å². The lowest BCUT2D eigenvalue weighted by Crippen LogP contribution is -2.18. The van der Waals surface area contributed by atoms with Crippen LogP contribution in [-0.4, -0.2) is 34.1 Å². The Hall–Kier alpha value is -3.62. The molecule has 0 saturated carbocycles. The zero-order valence-electron chi connectivity index (χ0n) is 18.3. The molecular formula is C24H20Cl2N4O4. The summed E-state index contributed by atoms with van der Waals surface area (Å²) in [5.74, 6) is 0.581. The van der Waals surface area contributed by atoms with Gasteiger partial charge in [0.1, 0.15) is 22.7 Å². The van der Waals surface area contributed by atoms with Gasteiger partial charge in [0.05, 0.1) is 5.38 Å². The standard InChI is InChI=1S/C24H20Cl2N4O4/c1-13(25)21(31)9-14-3-4-15(10-18(14)26)29-24-30-19-11-16(5-6-22(19)34-24)33-17-7-8-28-20(12-17)23(32)27-2/h3-8,10-13H,9H2,1-2H3,(H,27,32)(H,29,30). The molecule has 0 spiro atoms. The van der Waals surface area contributed by atoms with E-state index in [1.807, 2.05) is 0 Å². The Labute approximate surface area is 205 Å². The summed E-state index contributed by atoms with van der Waals surface area (Å²) in [7, 11) is 1.53. The number of nitrogens with zero attached hydrogens (tertiary/aromatic N) is 2. The van der Waals surface area contributed by atoms with Crippen molar-refractivity contribution in [2.75, 3.05) is 12.4 Å². The maximum absolute atomic E-state index is 11.9. The molecule has 0 aliphatic rings. The van der Waals surface area contributed by atoms with Gasteiger partial charge < -0.3 is 19.8 Å². The summed E-state index contributed by atoms with van der Waals surface area (Å²) in [4.78, 5) is 32.1. The fraction of sp³-hybridized carbons (Fsp3) is 0.167.